The zero-order valence-electron chi connectivity index (χ0n) is 12.3. The van der Waals surface area contributed by atoms with Crippen LogP contribution < -0.4 is 10.1 Å². The first kappa shape index (κ1) is 17.1. The number of alkyl halides is 3. The van der Waals surface area contributed by atoms with Crippen LogP contribution in [0.1, 0.15) is 16.7 Å². The van der Waals surface area contributed by atoms with Crippen LogP contribution in [-0.4, -0.2) is 6.09 Å². The summed E-state index contributed by atoms with van der Waals surface area (Å²) in [5, 5.41) is 2.78. The highest BCUT2D eigenvalue weighted by molar-refractivity contribution is 6.30. The van der Waals surface area contributed by atoms with Crippen LogP contribution in [0.3, 0.4) is 0 Å². The predicted octanol–water partition coefficient (Wildman–Crippen LogP) is 5.59. The number of anilines is 1. The van der Waals surface area contributed by atoms with E-state index < -0.39 is 17.8 Å². The summed E-state index contributed by atoms with van der Waals surface area (Å²) in [6.07, 6.45) is -5.36. The third kappa shape index (κ3) is 4.39. The van der Waals surface area contributed by atoms with E-state index in [1.165, 1.54) is 12.1 Å². The van der Waals surface area contributed by atoms with Gasteiger partial charge in [0, 0.05) is 10.7 Å². The molecule has 7 heteroatoms. The Hall–Kier alpha value is -2.21. The van der Waals surface area contributed by atoms with Crippen LogP contribution in [0.5, 0.6) is 5.75 Å². The fourth-order valence-electron chi connectivity index (χ4n) is 2.07. The number of nitrogens with one attached hydrogen (secondary N) is 1. The molecule has 1 N–H and O–H groups in total. The average Bonchev–Trinajstić information content (AvgIpc) is 2.42. The van der Waals surface area contributed by atoms with Crippen LogP contribution in [0, 0.1) is 13.8 Å². The second-order valence-electron chi connectivity index (χ2n) is 4.96. The predicted molar refractivity (Wildman–Crippen MR) is 82.0 cm³/mol. The number of hydrogen-bond donors (Lipinski definition) is 1. The summed E-state index contributed by atoms with van der Waals surface area (Å²) in [5.74, 6) is 0.318. The topological polar surface area (TPSA) is 38.3 Å². The zero-order chi connectivity index (χ0) is 17.2. The van der Waals surface area contributed by atoms with E-state index in [4.69, 9.17) is 16.3 Å². The van der Waals surface area contributed by atoms with E-state index in [0.29, 0.717) is 21.9 Å². The first-order valence-corrected chi connectivity index (χ1v) is 6.97. The molecule has 0 bridgehead atoms. The third-order valence-corrected chi connectivity index (χ3v) is 3.27. The molecule has 0 saturated heterocycles. The molecule has 0 heterocycles. The Morgan fingerprint density at radius 2 is 1.74 bits per heavy atom. The number of halogens is 4. The lowest BCUT2D eigenvalue weighted by atomic mass is 10.1. The minimum atomic E-state index is -4.48. The molecule has 0 unspecified atom stereocenters. The van der Waals surface area contributed by atoms with Gasteiger partial charge in [-0.3, -0.25) is 5.32 Å². The van der Waals surface area contributed by atoms with Gasteiger partial charge in [-0.05, 0) is 55.3 Å². The fourth-order valence-corrected chi connectivity index (χ4v) is 2.40. The van der Waals surface area contributed by atoms with E-state index in [1.807, 2.05) is 0 Å². The smallest absolute Gasteiger partial charge is 0.410 e. The molecule has 0 aromatic heterocycles. The van der Waals surface area contributed by atoms with Crippen LogP contribution in [0.15, 0.2) is 36.4 Å². The number of amides is 1. The van der Waals surface area contributed by atoms with E-state index in [1.54, 1.807) is 26.0 Å². The van der Waals surface area contributed by atoms with E-state index in [-0.39, 0.29) is 5.69 Å². The van der Waals surface area contributed by atoms with Gasteiger partial charge in [0.05, 0.1) is 5.56 Å². The van der Waals surface area contributed by atoms with Crippen molar-refractivity contribution >= 4 is 23.4 Å². The van der Waals surface area contributed by atoms with Gasteiger partial charge in [-0.25, -0.2) is 4.79 Å². The van der Waals surface area contributed by atoms with Gasteiger partial charge in [0.25, 0.3) is 0 Å². The quantitative estimate of drug-likeness (QED) is 0.772. The maximum absolute atomic E-state index is 12.6. The van der Waals surface area contributed by atoms with Gasteiger partial charge in [0.2, 0.25) is 0 Å². The Morgan fingerprint density at radius 1 is 1.13 bits per heavy atom. The number of carbonyl (C=O) groups excluding carboxylic acids is 1. The van der Waals surface area contributed by atoms with Crippen molar-refractivity contribution in [1.82, 2.24) is 0 Å². The molecular formula is C16H13ClF3NO2. The first-order valence-electron chi connectivity index (χ1n) is 6.59. The second-order valence-corrected chi connectivity index (χ2v) is 5.40. The highest BCUT2D eigenvalue weighted by Crippen LogP contribution is 2.31. The molecule has 2 aromatic carbocycles. The molecule has 0 aliphatic rings. The largest absolute Gasteiger partial charge is 0.417 e. The van der Waals surface area contributed by atoms with Crippen molar-refractivity contribution in [2.75, 3.05) is 5.32 Å². The summed E-state index contributed by atoms with van der Waals surface area (Å²) >= 11 is 5.89. The maximum atomic E-state index is 12.6. The minimum Gasteiger partial charge on any atom is -0.410 e. The molecule has 0 aliphatic carbocycles. The van der Waals surface area contributed by atoms with Crippen molar-refractivity contribution in [3.8, 4) is 5.75 Å². The summed E-state index contributed by atoms with van der Waals surface area (Å²) in [6.45, 7) is 3.43. The molecule has 0 atom stereocenters. The van der Waals surface area contributed by atoms with Crippen LogP contribution in [0.4, 0.5) is 23.7 Å². The molecule has 0 spiro atoms. The molecule has 2 rings (SSSR count). The Labute approximate surface area is 136 Å². The molecule has 23 heavy (non-hydrogen) atoms. The van der Waals surface area contributed by atoms with Crippen LogP contribution >= 0.6 is 11.6 Å². The summed E-state index contributed by atoms with van der Waals surface area (Å²) in [5.41, 5.74) is 0.437. The summed E-state index contributed by atoms with van der Waals surface area (Å²) in [4.78, 5) is 11.9. The van der Waals surface area contributed by atoms with Gasteiger partial charge in [-0.1, -0.05) is 17.7 Å². The Balaban J connectivity index is 2.15. The number of ether oxygens (including phenoxy) is 1. The SMILES string of the molecule is Cc1cc(Cl)cc(C)c1OC(=O)Nc1cccc(C(F)(F)F)c1. The van der Waals surface area contributed by atoms with Crippen LogP contribution in [0.2, 0.25) is 5.02 Å². The van der Waals surface area contributed by atoms with Crippen molar-refractivity contribution in [1.29, 1.82) is 0 Å². The average molecular weight is 344 g/mol. The number of benzene rings is 2. The number of aryl methyl sites for hydroxylation is 2. The lowest BCUT2D eigenvalue weighted by Gasteiger charge is -2.13. The van der Waals surface area contributed by atoms with Crippen molar-refractivity contribution in [3.63, 3.8) is 0 Å². The van der Waals surface area contributed by atoms with Crippen LogP contribution in [0.25, 0.3) is 0 Å². The van der Waals surface area contributed by atoms with Gasteiger partial charge in [0.1, 0.15) is 5.75 Å². The van der Waals surface area contributed by atoms with E-state index in [2.05, 4.69) is 5.32 Å². The Morgan fingerprint density at radius 3 is 2.30 bits per heavy atom. The van der Waals surface area contributed by atoms with Gasteiger partial charge < -0.3 is 4.74 Å². The highest BCUT2D eigenvalue weighted by atomic mass is 35.5. The number of rotatable bonds is 2. The Kier molecular flexibility index (Phi) is 4.85. The minimum absolute atomic E-state index is 0.00547. The summed E-state index contributed by atoms with van der Waals surface area (Å²) < 4.78 is 43.1. The van der Waals surface area contributed by atoms with Crippen molar-refractivity contribution in [3.05, 3.63) is 58.1 Å². The molecule has 0 fully saturated rings. The molecule has 1 amide bonds. The van der Waals surface area contributed by atoms with Gasteiger partial charge in [-0.2, -0.15) is 13.2 Å². The lowest BCUT2D eigenvalue weighted by Crippen LogP contribution is -2.18. The van der Waals surface area contributed by atoms with Gasteiger partial charge in [0.15, 0.2) is 0 Å². The fraction of sp³-hybridized carbons (Fsp3) is 0.188. The monoisotopic (exact) mass is 343 g/mol. The van der Waals surface area contributed by atoms with Crippen molar-refractivity contribution in [2.45, 2.75) is 20.0 Å². The molecule has 0 saturated carbocycles. The third-order valence-electron chi connectivity index (χ3n) is 3.06. The highest BCUT2D eigenvalue weighted by Gasteiger charge is 2.30. The van der Waals surface area contributed by atoms with Crippen molar-refractivity contribution < 1.29 is 22.7 Å². The van der Waals surface area contributed by atoms with E-state index in [9.17, 15) is 18.0 Å². The normalized spacial score (nSPS) is 11.2. The molecule has 3 nitrogen and oxygen atoms in total. The zero-order valence-corrected chi connectivity index (χ0v) is 13.0. The summed E-state index contributed by atoms with van der Waals surface area (Å²) in [6, 6.07) is 7.56. The number of hydrogen-bond acceptors (Lipinski definition) is 2. The van der Waals surface area contributed by atoms with Crippen LogP contribution in [-0.2, 0) is 6.18 Å². The molecule has 0 aliphatic heterocycles. The second kappa shape index (κ2) is 6.50. The Bertz CT molecular complexity index is 721. The molecule has 0 radical (unpaired) electrons. The standard InChI is InChI=1S/C16H13ClF3NO2/c1-9-6-12(17)7-10(2)14(9)23-15(22)21-13-5-3-4-11(8-13)16(18,19)20/h3-8H,1-2H3,(H,21,22). The molecule has 2 aromatic rings. The first-order chi connectivity index (χ1) is 10.7. The van der Waals surface area contributed by atoms with Crippen molar-refractivity contribution in [2.24, 2.45) is 0 Å². The number of carbonyl (C=O) groups is 1. The molecule has 122 valence electrons. The van der Waals surface area contributed by atoms with Gasteiger partial charge >= 0.3 is 12.3 Å². The lowest BCUT2D eigenvalue weighted by molar-refractivity contribution is -0.137. The summed E-state index contributed by atoms with van der Waals surface area (Å²) in [7, 11) is 0. The molecular weight excluding hydrogens is 331 g/mol. The maximum Gasteiger partial charge on any atom is 0.417 e. The van der Waals surface area contributed by atoms with E-state index in [0.717, 1.165) is 12.1 Å². The van der Waals surface area contributed by atoms with Gasteiger partial charge in [-0.15, -0.1) is 0 Å². The van der Waals surface area contributed by atoms with E-state index >= 15 is 0 Å².